The van der Waals surface area contributed by atoms with Crippen molar-refractivity contribution in [1.29, 1.82) is 0 Å². The summed E-state index contributed by atoms with van der Waals surface area (Å²) in [6, 6.07) is 11.9. The van der Waals surface area contributed by atoms with Crippen LogP contribution in [0.5, 0.6) is 11.5 Å². The van der Waals surface area contributed by atoms with Gasteiger partial charge in [-0.25, -0.2) is 0 Å². The zero-order valence-corrected chi connectivity index (χ0v) is 15.5. The average Bonchev–Trinajstić information content (AvgIpc) is 2.90. The van der Waals surface area contributed by atoms with Crippen LogP contribution in [0.25, 0.3) is 0 Å². The third-order valence-corrected chi connectivity index (χ3v) is 5.59. The van der Waals surface area contributed by atoms with Crippen LogP contribution in [0, 0.1) is 11.8 Å². The van der Waals surface area contributed by atoms with Gasteiger partial charge in [0, 0.05) is 5.02 Å². The van der Waals surface area contributed by atoms with Crippen molar-refractivity contribution in [2.75, 3.05) is 4.90 Å². The number of halogens is 2. The highest BCUT2D eigenvalue weighted by molar-refractivity contribution is 6.35. The Kier molecular flexibility index (Phi) is 4.63. The number of amides is 2. The van der Waals surface area contributed by atoms with E-state index in [-0.39, 0.29) is 23.7 Å². The Bertz CT molecular complexity index is 842. The predicted octanol–water partition coefficient (Wildman–Crippen LogP) is 5.47. The van der Waals surface area contributed by atoms with E-state index in [1.54, 1.807) is 42.5 Å². The van der Waals surface area contributed by atoms with E-state index in [2.05, 4.69) is 0 Å². The van der Waals surface area contributed by atoms with Crippen molar-refractivity contribution in [3.05, 3.63) is 52.5 Å². The molecule has 1 heterocycles. The summed E-state index contributed by atoms with van der Waals surface area (Å²) in [7, 11) is 0. The first kappa shape index (κ1) is 17.4. The van der Waals surface area contributed by atoms with E-state index in [9.17, 15) is 9.59 Å². The van der Waals surface area contributed by atoms with Crippen LogP contribution in [0.1, 0.15) is 25.7 Å². The van der Waals surface area contributed by atoms with Gasteiger partial charge in [0.2, 0.25) is 11.8 Å². The van der Waals surface area contributed by atoms with Gasteiger partial charge in [0.1, 0.15) is 11.5 Å². The normalized spacial score (nSPS) is 22.5. The molecule has 4 nitrogen and oxygen atoms in total. The Balaban J connectivity index is 1.54. The first-order valence-electron chi connectivity index (χ1n) is 8.65. The number of hydrogen-bond donors (Lipinski definition) is 0. The second-order valence-corrected chi connectivity index (χ2v) is 7.52. The number of hydrogen-bond acceptors (Lipinski definition) is 3. The Morgan fingerprint density at radius 3 is 2.08 bits per heavy atom. The minimum atomic E-state index is -0.153. The lowest BCUT2D eigenvalue weighted by molar-refractivity contribution is -0.122. The molecular formula is C20H17Cl2NO3. The lowest BCUT2D eigenvalue weighted by atomic mass is 9.81. The minimum Gasteiger partial charge on any atom is -0.456 e. The van der Waals surface area contributed by atoms with E-state index in [1.807, 2.05) is 0 Å². The molecule has 1 saturated carbocycles. The molecule has 2 atom stereocenters. The van der Waals surface area contributed by atoms with Crippen molar-refractivity contribution in [3.63, 3.8) is 0 Å². The average molecular weight is 390 g/mol. The number of fused-ring (bicyclic) bond motifs is 1. The first-order chi connectivity index (χ1) is 12.5. The molecule has 2 aromatic carbocycles. The van der Waals surface area contributed by atoms with Crippen LogP contribution in [0.3, 0.4) is 0 Å². The van der Waals surface area contributed by atoms with Crippen molar-refractivity contribution in [1.82, 2.24) is 0 Å². The van der Waals surface area contributed by atoms with E-state index in [4.69, 9.17) is 27.9 Å². The lowest BCUT2D eigenvalue weighted by Crippen LogP contribution is -2.30. The smallest absolute Gasteiger partial charge is 0.237 e. The van der Waals surface area contributed by atoms with E-state index >= 15 is 0 Å². The number of anilines is 1. The molecule has 4 rings (SSSR count). The summed E-state index contributed by atoms with van der Waals surface area (Å²) in [5.74, 6) is 0.598. The molecule has 1 aliphatic carbocycles. The first-order valence-corrected chi connectivity index (χ1v) is 9.41. The van der Waals surface area contributed by atoms with Crippen molar-refractivity contribution in [2.24, 2.45) is 11.8 Å². The lowest BCUT2D eigenvalue weighted by Gasteiger charge is -2.19. The minimum absolute atomic E-state index is 0.0749. The molecule has 0 bridgehead atoms. The third-order valence-electron chi connectivity index (χ3n) is 5.06. The molecule has 0 radical (unpaired) electrons. The van der Waals surface area contributed by atoms with Crippen molar-refractivity contribution < 1.29 is 14.3 Å². The molecule has 0 spiro atoms. The molecule has 2 amide bonds. The Morgan fingerprint density at radius 2 is 1.50 bits per heavy atom. The van der Waals surface area contributed by atoms with E-state index in [0.29, 0.717) is 27.2 Å². The van der Waals surface area contributed by atoms with Crippen LogP contribution in [0.4, 0.5) is 5.69 Å². The zero-order chi connectivity index (χ0) is 18.3. The molecule has 0 unspecified atom stereocenters. The van der Waals surface area contributed by atoms with Crippen LogP contribution in [-0.4, -0.2) is 11.8 Å². The number of imide groups is 1. The van der Waals surface area contributed by atoms with E-state index < -0.39 is 0 Å². The van der Waals surface area contributed by atoms with Gasteiger partial charge in [-0.05, 0) is 55.3 Å². The summed E-state index contributed by atoms with van der Waals surface area (Å²) in [6.45, 7) is 0. The molecule has 26 heavy (non-hydrogen) atoms. The third kappa shape index (κ3) is 3.08. The molecule has 2 fully saturated rings. The molecule has 0 aromatic heterocycles. The molecule has 6 heteroatoms. The predicted molar refractivity (Wildman–Crippen MR) is 101 cm³/mol. The van der Waals surface area contributed by atoms with Crippen LogP contribution in [0.15, 0.2) is 42.5 Å². The second kappa shape index (κ2) is 6.93. The van der Waals surface area contributed by atoms with Crippen LogP contribution < -0.4 is 9.64 Å². The van der Waals surface area contributed by atoms with Gasteiger partial charge in [0.05, 0.1) is 22.5 Å². The summed E-state index contributed by atoms with van der Waals surface area (Å²) in [6.07, 6.45) is 3.65. The highest BCUT2D eigenvalue weighted by Gasteiger charge is 2.48. The fourth-order valence-corrected chi connectivity index (χ4v) is 4.21. The van der Waals surface area contributed by atoms with Gasteiger partial charge < -0.3 is 4.74 Å². The van der Waals surface area contributed by atoms with Crippen LogP contribution in [-0.2, 0) is 9.59 Å². The SMILES string of the molecule is O=C1[C@@H]2CCCC[C@H]2C(=O)N1c1ccc(Oc2ccc(Cl)cc2Cl)cc1. The fraction of sp³-hybridized carbons (Fsp3) is 0.300. The fourth-order valence-electron chi connectivity index (χ4n) is 3.76. The zero-order valence-electron chi connectivity index (χ0n) is 14.0. The Hall–Kier alpha value is -2.04. The van der Waals surface area contributed by atoms with Crippen LogP contribution in [0.2, 0.25) is 10.0 Å². The summed E-state index contributed by atoms with van der Waals surface area (Å²) >= 11 is 12.0. The van der Waals surface area contributed by atoms with Gasteiger partial charge in [-0.15, -0.1) is 0 Å². The Morgan fingerprint density at radius 1 is 0.885 bits per heavy atom. The highest BCUT2D eigenvalue weighted by Crippen LogP contribution is 2.40. The van der Waals surface area contributed by atoms with Gasteiger partial charge in [-0.2, -0.15) is 0 Å². The number of rotatable bonds is 3. The number of carbonyl (C=O) groups is 2. The topological polar surface area (TPSA) is 46.6 Å². The van der Waals surface area contributed by atoms with Crippen LogP contribution >= 0.6 is 23.2 Å². The second-order valence-electron chi connectivity index (χ2n) is 6.68. The molecule has 0 N–H and O–H groups in total. The maximum absolute atomic E-state index is 12.6. The van der Waals surface area contributed by atoms with E-state index in [1.165, 1.54) is 4.90 Å². The van der Waals surface area contributed by atoms with Crippen molar-refractivity contribution >= 4 is 40.7 Å². The molecule has 134 valence electrons. The molecular weight excluding hydrogens is 373 g/mol. The summed E-state index contributed by atoms with van der Waals surface area (Å²) < 4.78 is 5.75. The van der Waals surface area contributed by atoms with Gasteiger partial charge in [-0.1, -0.05) is 36.0 Å². The number of benzene rings is 2. The maximum atomic E-state index is 12.6. The van der Waals surface area contributed by atoms with Gasteiger partial charge in [0.25, 0.3) is 0 Å². The van der Waals surface area contributed by atoms with E-state index in [0.717, 1.165) is 25.7 Å². The molecule has 1 saturated heterocycles. The number of ether oxygens (including phenoxy) is 1. The summed E-state index contributed by atoms with van der Waals surface area (Å²) in [4.78, 5) is 26.6. The standard InChI is InChI=1S/C20H17Cl2NO3/c21-12-5-10-18(17(22)11-12)26-14-8-6-13(7-9-14)23-19(24)15-3-1-2-4-16(15)20(23)25/h5-11,15-16H,1-4H2/t15-,16-/m1/s1. The molecule has 2 aliphatic rings. The van der Waals surface area contributed by atoms with Gasteiger partial charge >= 0.3 is 0 Å². The number of nitrogens with zero attached hydrogens (tertiary/aromatic N) is 1. The summed E-state index contributed by atoms with van der Waals surface area (Å²) in [5.41, 5.74) is 0.587. The summed E-state index contributed by atoms with van der Waals surface area (Å²) in [5, 5.41) is 0.945. The largest absolute Gasteiger partial charge is 0.456 e. The maximum Gasteiger partial charge on any atom is 0.237 e. The quantitative estimate of drug-likeness (QED) is 0.654. The van der Waals surface area contributed by atoms with Crippen molar-refractivity contribution in [2.45, 2.75) is 25.7 Å². The molecule has 2 aromatic rings. The number of carbonyl (C=O) groups excluding carboxylic acids is 2. The highest BCUT2D eigenvalue weighted by atomic mass is 35.5. The monoisotopic (exact) mass is 389 g/mol. The van der Waals surface area contributed by atoms with Crippen molar-refractivity contribution in [3.8, 4) is 11.5 Å². The molecule has 1 aliphatic heterocycles. The Labute approximate surface area is 161 Å². The van der Waals surface area contributed by atoms with Gasteiger partial charge in [0.15, 0.2) is 0 Å². The van der Waals surface area contributed by atoms with Gasteiger partial charge in [-0.3, -0.25) is 14.5 Å².